The van der Waals surface area contributed by atoms with Crippen LogP contribution in [-0.2, 0) is 22.6 Å². The Balaban J connectivity index is 1.87. The second kappa shape index (κ2) is 8.56. The summed E-state index contributed by atoms with van der Waals surface area (Å²) >= 11 is 0. The van der Waals surface area contributed by atoms with Crippen molar-refractivity contribution in [1.82, 2.24) is 10.2 Å². The van der Waals surface area contributed by atoms with Crippen LogP contribution in [0, 0.1) is 0 Å². The zero-order valence-electron chi connectivity index (χ0n) is 15.5. The summed E-state index contributed by atoms with van der Waals surface area (Å²) in [6, 6.07) is 8.87. The smallest absolute Gasteiger partial charge is 0.326 e. The van der Waals surface area contributed by atoms with Crippen LogP contribution in [0.15, 0.2) is 59.2 Å². The number of carbonyl (C=O) groups is 3. The lowest BCUT2D eigenvalue weighted by Crippen LogP contribution is -2.55. The molecule has 0 radical (unpaired) electrons. The van der Waals surface area contributed by atoms with Gasteiger partial charge >= 0.3 is 5.97 Å². The minimum atomic E-state index is -1.12. The molecule has 1 aromatic heterocycles. The molecule has 7 heteroatoms. The second-order valence-electron chi connectivity index (χ2n) is 6.60. The predicted molar refractivity (Wildman–Crippen MR) is 102 cm³/mol. The van der Waals surface area contributed by atoms with E-state index in [1.165, 1.54) is 11.2 Å². The standard InChI is InChI=1S/C21H22N2O5/c1-2-3-9-16(21(26)27)22-19(24)17-12-14-7-4-5-8-15(14)13-23(17)20(25)18-10-6-11-28-18/h2-8,10-11,16-17H,9,12-13H2,1H3,(H,22,24)(H,26,27)/b3-2+. The Labute approximate surface area is 162 Å². The first-order valence-corrected chi connectivity index (χ1v) is 9.07. The summed E-state index contributed by atoms with van der Waals surface area (Å²) in [6.45, 7) is 2.03. The molecule has 2 unspecified atom stereocenters. The fraction of sp³-hybridized carbons (Fsp3) is 0.286. The van der Waals surface area contributed by atoms with Crippen molar-refractivity contribution in [3.8, 4) is 0 Å². The van der Waals surface area contributed by atoms with Crippen LogP contribution in [0.3, 0.4) is 0 Å². The number of allylic oxidation sites excluding steroid dienone is 1. The number of benzene rings is 1. The number of aliphatic carboxylic acids is 1. The maximum atomic E-state index is 12.9. The molecule has 0 saturated carbocycles. The van der Waals surface area contributed by atoms with E-state index in [1.54, 1.807) is 31.2 Å². The highest BCUT2D eigenvalue weighted by Gasteiger charge is 2.37. The first-order chi connectivity index (χ1) is 13.5. The summed E-state index contributed by atoms with van der Waals surface area (Å²) in [5, 5.41) is 12.0. The van der Waals surface area contributed by atoms with E-state index >= 15 is 0 Å². The van der Waals surface area contributed by atoms with Gasteiger partial charge in [-0.15, -0.1) is 0 Å². The normalized spacial score (nSPS) is 17.2. The van der Waals surface area contributed by atoms with Crippen LogP contribution in [0.1, 0.15) is 35.0 Å². The van der Waals surface area contributed by atoms with Crippen molar-refractivity contribution in [2.75, 3.05) is 0 Å². The molecule has 1 aliphatic heterocycles. The fourth-order valence-corrected chi connectivity index (χ4v) is 3.27. The Morgan fingerprint density at radius 2 is 2.00 bits per heavy atom. The van der Waals surface area contributed by atoms with Crippen LogP contribution in [0.5, 0.6) is 0 Å². The lowest BCUT2D eigenvalue weighted by Gasteiger charge is -2.36. The highest BCUT2D eigenvalue weighted by atomic mass is 16.4. The molecule has 1 aromatic carbocycles. The van der Waals surface area contributed by atoms with E-state index in [0.29, 0.717) is 6.42 Å². The summed E-state index contributed by atoms with van der Waals surface area (Å²) in [6.07, 6.45) is 5.29. The van der Waals surface area contributed by atoms with Gasteiger partial charge in [-0.1, -0.05) is 36.4 Å². The molecular formula is C21H22N2O5. The van der Waals surface area contributed by atoms with E-state index in [1.807, 2.05) is 24.3 Å². The Morgan fingerprint density at radius 3 is 2.64 bits per heavy atom. The molecule has 2 aromatic rings. The molecule has 0 fully saturated rings. The van der Waals surface area contributed by atoms with Gasteiger partial charge in [0, 0.05) is 13.0 Å². The van der Waals surface area contributed by atoms with Crippen LogP contribution >= 0.6 is 0 Å². The molecule has 0 aliphatic carbocycles. The Kier molecular flexibility index (Phi) is 5.93. The second-order valence-corrected chi connectivity index (χ2v) is 6.60. The molecule has 28 heavy (non-hydrogen) atoms. The number of hydrogen-bond donors (Lipinski definition) is 2. The minimum absolute atomic E-state index is 0.140. The molecule has 2 amide bonds. The average molecular weight is 382 g/mol. The number of nitrogens with one attached hydrogen (secondary N) is 1. The quantitative estimate of drug-likeness (QED) is 0.747. The van der Waals surface area contributed by atoms with Gasteiger partial charge in [0.2, 0.25) is 5.91 Å². The van der Waals surface area contributed by atoms with Crippen LogP contribution in [0.4, 0.5) is 0 Å². The van der Waals surface area contributed by atoms with E-state index in [-0.39, 0.29) is 18.7 Å². The maximum absolute atomic E-state index is 12.9. The van der Waals surface area contributed by atoms with Crippen LogP contribution in [0.25, 0.3) is 0 Å². The van der Waals surface area contributed by atoms with E-state index in [0.717, 1.165) is 11.1 Å². The zero-order chi connectivity index (χ0) is 20.1. The third kappa shape index (κ3) is 4.14. The van der Waals surface area contributed by atoms with Crippen molar-refractivity contribution < 1.29 is 23.9 Å². The molecular weight excluding hydrogens is 360 g/mol. The van der Waals surface area contributed by atoms with Crippen LogP contribution in [0.2, 0.25) is 0 Å². The van der Waals surface area contributed by atoms with Crippen molar-refractivity contribution >= 4 is 17.8 Å². The van der Waals surface area contributed by atoms with E-state index < -0.39 is 29.9 Å². The van der Waals surface area contributed by atoms with Crippen molar-refractivity contribution in [2.45, 2.75) is 38.4 Å². The lowest BCUT2D eigenvalue weighted by molar-refractivity contribution is -0.142. The van der Waals surface area contributed by atoms with Gasteiger partial charge in [-0.25, -0.2) is 4.79 Å². The van der Waals surface area contributed by atoms with Crippen molar-refractivity contribution in [2.24, 2.45) is 0 Å². The van der Waals surface area contributed by atoms with Gasteiger partial charge in [0.25, 0.3) is 5.91 Å². The van der Waals surface area contributed by atoms with Gasteiger partial charge in [-0.3, -0.25) is 9.59 Å². The summed E-state index contributed by atoms with van der Waals surface area (Å²) < 4.78 is 5.21. The first kappa shape index (κ1) is 19.4. The number of nitrogens with zero attached hydrogens (tertiary/aromatic N) is 1. The number of carboxylic acid groups (broad SMARTS) is 1. The Hall–Kier alpha value is -3.35. The molecule has 2 N–H and O–H groups in total. The number of furan rings is 1. The molecule has 0 bridgehead atoms. The third-order valence-corrected chi connectivity index (χ3v) is 4.77. The number of rotatable bonds is 6. The highest BCUT2D eigenvalue weighted by Crippen LogP contribution is 2.25. The van der Waals surface area contributed by atoms with Gasteiger partial charge in [0.1, 0.15) is 12.1 Å². The molecule has 7 nitrogen and oxygen atoms in total. The van der Waals surface area contributed by atoms with Crippen LogP contribution in [-0.4, -0.2) is 39.9 Å². The van der Waals surface area contributed by atoms with Crippen molar-refractivity contribution in [3.05, 3.63) is 71.7 Å². The number of fused-ring (bicyclic) bond motifs is 1. The van der Waals surface area contributed by atoms with Crippen molar-refractivity contribution in [1.29, 1.82) is 0 Å². The van der Waals surface area contributed by atoms with Crippen molar-refractivity contribution in [3.63, 3.8) is 0 Å². The number of carboxylic acids is 1. The Morgan fingerprint density at radius 1 is 1.25 bits per heavy atom. The largest absolute Gasteiger partial charge is 0.480 e. The van der Waals surface area contributed by atoms with Gasteiger partial charge in [0.15, 0.2) is 5.76 Å². The number of carbonyl (C=O) groups excluding carboxylic acids is 2. The average Bonchev–Trinajstić information content (AvgIpc) is 3.24. The van der Waals surface area contributed by atoms with Gasteiger partial charge < -0.3 is 19.7 Å². The highest BCUT2D eigenvalue weighted by molar-refractivity contribution is 5.96. The van der Waals surface area contributed by atoms with E-state index in [4.69, 9.17) is 4.42 Å². The topological polar surface area (TPSA) is 99.9 Å². The third-order valence-electron chi connectivity index (χ3n) is 4.77. The summed E-state index contributed by atoms with van der Waals surface area (Å²) in [4.78, 5) is 38.8. The number of hydrogen-bond acceptors (Lipinski definition) is 4. The molecule has 2 heterocycles. The van der Waals surface area contributed by atoms with Gasteiger partial charge in [-0.05, 0) is 36.6 Å². The predicted octanol–water partition coefficient (Wildman–Crippen LogP) is 2.38. The summed E-state index contributed by atoms with van der Waals surface area (Å²) in [5.41, 5.74) is 1.92. The minimum Gasteiger partial charge on any atom is -0.480 e. The van der Waals surface area contributed by atoms with E-state index in [2.05, 4.69) is 5.32 Å². The molecule has 0 spiro atoms. The SMILES string of the molecule is C/C=C/CC(NC(=O)C1Cc2ccccc2CN1C(=O)c1ccco1)C(=O)O. The number of amides is 2. The first-order valence-electron chi connectivity index (χ1n) is 9.07. The van der Waals surface area contributed by atoms with Crippen LogP contribution < -0.4 is 5.32 Å². The molecule has 146 valence electrons. The van der Waals surface area contributed by atoms with Gasteiger partial charge in [-0.2, -0.15) is 0 Å². The zero-order valence-corrected chi connectivity index (χ0v) is 15.5. The Bertz CT molecular complexity index is 888. The molecule has 3 rings (SSSR count). The van der Waals surface area contributed by atoms with E-state index in [9.17, 15) is 19.5 Å². The molecule has 2 atom stereocenters. The van der Waals surface area contributed by atoms with Gasteiger partial charge in [0.05, 0.1) is 6.26 Å². The monoisotopic (exact) mass is 382 g/mol. The maximum Gasteiger partial charge on any atom is 0.326 e. The fourth-order valence-electron chi connectivity index (χ4n) is 3.27. The molecule has 0 saturated heterocycles. The lowest BCUT2D eigenvalue weighted by atomic mass is 9.93. The summed E-state index contributed by atoms with van der Waals surface area (Å²) in [7, 11) is 0. The summed E-state index contributed by atoms with van der Waals surface area (Å²) in [5.74, 6) is -1.88. The molecule has 1 aliphatic rings.